The molecule has 0 spiro atoms. The van der Waals surface area contributed by atoms with Crippen molar-refractivity contribution >= 4 is 26.8 Å². The second-order valence-electron chi connectivity index (χ2n) is 5.06. The summed E-state index contributed by atoms with van der Waals surface area (Å²) < 4.78 is 32.5. The van der Waals surface area contributed by atoms with Gasteiger partial charge < -0.3 is 5.11 Å². The van der Waals surface area contributed by atoms with Gasteiger partial charge in [-0.3, -0.25) is 9.35 Å². The number of nitrogens with zero attached hydrogens (tertiary/aromatic N) is 2. The van der Waals surface area contributed by atoms with Crippen molar-refractivity contribution in [3.8, 4) is 17.0 Å². The van der Waals surface area contributed by atoms with Crippen molar-refractivity contribution in [2.24, 2.45) is 0 Å². The Balaban J connectivity index is 2.30. The highest BCUT2D eigenvalue weighted by molar-refractivity contribution is 7.86. The summed E-state index contributed by atoms with van der Waals surface area (Å²) in [5, 5.41) is 10.3. The van der Waals surface area contributed by atoms with Crippen LogP contribution in [-0.2, 0) is 10.1 Å². The van der Waals surface area contributed by atoms with Crippen molar-refractivity contribution in [2.75, 3.05) is 0 Å². The number of ketones is 1. The highest BCUT2D eigenvalue weighted by Gasteiger charge is 2.32. The van der Waals surface area contributed by atoms with E-state index in [4.69, 9.17) is 0 Å². The van der Waals surface area contributed by atoms with E-state index in [1.807, 2.05) is 0 Å². The number of phenols is 1. The highest BCUT2D eigenvalue weighted by Crippen LogP contribution is 2.42. The molecule has 0 bridgehead atoms. The van der Waals surface area contributed by atoms with E-state index < -0.39 is 26.5 Å². The molecule has 1 aliphatic rings. The zero-order valence-electron chi connectivity index (χ0n) is 11.4. The molecule has 1 aromatic heterocycles. The molecule has 4 rings (SSSR count). The van der Waals surface area contributed by atoms with Gasteiger partial charge in [0.1, 0.15) is 17.0 Å². The molecule has 3 aromatic rings. The lowest BCUT2D eigenvalue weighted by molar-refractivity contribution is 0.103. The summed E-state index contributed by atoms with van der Waals surface area (Å²) in [4.78, 5) is 20.1. The SMILES string of the molecule is O=C1c2ccccc2-c2ncnc3c(S(=O)(=O)O)cc(O)c1c23. The number of aromatic hydroxyl groups is 1. The number of carbonyl (C=O) groups excluding carboxylic acids is 1. The van der Waals surface area contributed by atoms with Gasteiger partial charge in [-0.1, -0.05) is 24.3 Å². The molecule has 2 aromatic carbocycles. The first-order chi connectivity index (χ1) is 10.9. The maximum absolute atomic E-state index is 12.6. The van der Waals surface area contributed by atoms with E-state index in [1.165, 1.54) is 0 Å². The Hall–Kier alpha value is -2.84. The molecule has 0 radical (unpaired) electrons. The standard InChI is InChI=1S/C15H8N2O5S/c18-9-5-10(23(20,21)22)14-12-11(9)15(19)8-4-2-1-3-7(8)13(12)16-6-17-14/h1-6,18H,(H,20,21,22). The largest absolute Gasteiger partial charge is 0.507 e. The molecular weight excluding hydrogens is 320 g/mol. The summed E-state index contributed by atoms with van der Waals surface area (Å²) >= 11 is 0. The molecule has 2 N–H and O–H groups in total. The minimum absolute atomic E-state index is 0.0679. The van der Waals surface area contributed by atoms with Crippen LogP contribution in [0.25, 0.3) is 22.2 Å². The van der Waals surface area contributed by atoms with Gasteiger partial charge in [0.15, 0.2) is 5.78 Å². The van der Waals surface area contributed by atoms with Gasteiger partial charge in [0.2, 0.25) is 0 Å². The third-order valence-electron chi connectivity index (χ3n) is 3.79. The van der Waals surface area contributed by atoms with Crippen LogP contribution < -0.4 is 0 Å². The predicted octanol–water partition coefficient (Wildman–Crippen LogP) is 1.79. The molecule has 0 aliphatic heterocycles. The van der Waals surface area contributed by atoms with Crippen molar-refractivity contribution in [1.82, 2.24) is 9.97 Å². The Labute approximate surface area is 130 Å². The van der Waals surface area contributed by atoms with E-state index in [0.717, 1.165) is 12.4 Å². The van der Waals surface area contributed by atoms with E-state index in [0.29, 0.717) is 16.8 Å². The normalized spacial score (nSPS) is 13.2. The number of hydrogen-bond donors (Lipinski definition) is 2. The zero-order valence-corrected chi connectivity index (χ0v) is 12.2. The number of aromatic nitrogens is 2. The first-order valence-corrected chi connectivity index (χ1v) is 7.96. The van der Waals surface area contributed by atoms with Crippen LogP contribution in [0.3, 0.4) is 0 Å². The average Bonchev–Trinajstić information content (AvgIpc) is 2.52. The molecule has 8 heteroatoms. The lowest BCUT2D eigenvalue weighted by Crippen LogP contribution is -2.13. The second-order valence-corrected chi connectivity index (χ2v) is 6.45. The summed E-state index contributed by atoms with van der Waals surface area (Å²) in [6.45, 7) is 0. The van der Waals surface area contributed by atoms with Crippen LogP contribution in [0.5, 0.6) is 5.75 Å². The van der Waals surface area contributed by atoms with E-state index in [9.17, 15) is 22.9 Å². The molecule has 0 saturated heterocycles. The van der Waals surface area contributed by atoms with Crippen LogP contribution in [0, 0.1) is 0 Å². The van der Waals surface area contributed by atoms with E-state index >= 15 is 0 Å². The van der Waals surface area contributed by atoms with Crippen LogP contribution in [0.4, 0.5) is 0 Å². The fourth-order valence-corrected chi connectivity index (χ4v) is 3.51. The lowest BCUT2D eigenvalue weighted by Gasteiger charge is -2.19. The lowest BCUT2D eigenvalue weighted by atomic mass is 9.86. The molecular formula is C15H8N2O5S. The van der Waals surface area contributed by atoms with Crippen molar-refractivity contribution in [3.05, 3.63) is 47.8 Å². The minimum atomic E-state index is -4.63. The zero-order chi connectivity index (χ0) is 16.4. The van der Waals surface area contributed by atoms with E-state index in [1.54, 1.807) is 24.3 Å². The Morgan fingerprint density at radius 2 is 1.74 bits per heavy atom. The van der Waals surface area contributed by atoms with Crippen LogP contribution >= 0.6 is 0 Å². The molecule has 0 saturated carbocycles. The molecule has 23 heavy (non-hydrogen) atoms. The van der Waals surface area contributed by atoms with Crippen molar-refractivity contribution in [2.45, 2.75) is 4.90 Å². The van der Waals surface area contributed by atoms with Gasteiger partial charge in [-0.15, -0.1) is 0 Å². The van der Waals surface area contributed by atoms with E-state index in [2.05, 4.69) is 9.97 Å². The molecule has 0 amide bonds. The van der Waals surface area contributed by atoms with Gasteiger partial charge in [-0.2, -0.15) is 8.42 Å². The van der Waals surface area contributed by atoms with Crippen molar-refractivity contribution in [1.29, 1.82) is 0 Å². The summed E-state index contributed by atoms with van der Waals surface area (Å²) in [5.41, 5.74) is 1.04. The number of fused-ring (bicyclic) bond motifs is 2. The number of hydrogen-bond acceptors (Lipinski definition) is 6. The Morgan fingerprint density at radius 3 is 2.43 bits per heavy atom. The quantitative estimate of drug-likeness (QED) is 0.511. The van der Waals surface area contributed by atoms with Crippen molar-refractivity contribution in [3.63, 3.8) is 0 Å². The van der Waals surface area contributed by atoms with Gasteiger partial charge >= 0.3 is 0 Å². The van der Waals surface area contributed by atoms with Gasteiger partial charge in [0.05, 0.1) is 16.8 Å². The maximum atomic E-state index is 12.6. The van der Waals surface area contributed by atoms with Crippen LogP contribution in [-0.4, -0.2) is 33.8 Å². The number of benzene rings is 2. The second kappa shape index (κ2) is 4.34. The maximum Gasteiger partial charge on any atom is 0.296 e. The predicted molar refractivity (Wildman–Crippen MR) is 79.9 cm³/mol. The van der Waals surface area contributed by atoms with Gasteiger partial charge in [0, 0.05) is 22.6 Å². The smallest absolute Gasteiger partial charge is 0.296 e. The fourth-order valence-electron chi connectivity index (χ4n) is 2.85. The third kappa shape index (κ3) is 1.79. The number of phenolic OH excluding ortho intramolecular Hbond substituents is 1. The number of rotatable bonds is 1. The monoisotopic (exact) mass is 328 g/mol. The molecule has 7 nitrogen and oxygen atoms in total. The average molecular weight is 328 g/mol. The summed E-state index contributed by atoms with van der Waals surface area (Å²) in [6, 6.07) is 7.51. The topological polar surface area (TPSA) is 117 Å². The van der Waals surface area contributed by atoms with E-state index in [-0.39, 0.29) is 16.5 Å². The molecule has 1 aliphatic carbocycles. The Kier molecular flexibility index (Phi) is 2.60. The summed E-state index contributed by atoms with van der Waals surface area (Å²) in [5.74, 6) is -0.993. The van der Waals surface area contributed by atoms with Crippen LogP contribution in [0.1, 0.15) is 15.9 Å². The third-order valence-corrected chi connectivity index (χ3v) is 4.65. The summed E-state index contributed by atoms with van der Waals surface area (Å²) in [7, 11) is -4.63. The summed E-state index contributed by atoms with van der Waals surface area (Å²) in [6.07, 6.45) is 1.15. The first-order valence-electron chi connectivity index (χ1n) is 6.52. The van der Waals surface area contributed by atoms with Crippen LogP contribution in [0.2, 0.25) is 0 Å². The minimum Gasteiger partial charge on any atom is -0.507 e. The highest BCUT2D eigenvalue weighted by atomic mass is 32.2. The van der Waals surface area contributed by atoms with Gasteiger partial charge in [-0.25, -0.2) is 9.97 Å². The Morgan fingerprint density at radius 1 is 1.04 bits per heavy atom. The number of carbonyl (C=O) groups is 1. The van der Waals surface area contributed by atoms with Crippen LogP contribution in [0.15, 0.2) is 41.6 Å². The first kappa shape index (κ1) is 13.8. The van der Waals surface area contributed by atoms with Gasteiger partial charge in [-0.05, 0) is 0 Å². The molecule has 1 heterocycles. The molecule has 0 atom stereocenters. The van der Waals surface area contributed by atoms with Crippen molar-refractivity contribution < 1.29 is 22.9 Å². The van der Waals surface area contributed by atoms with Gasteiger partial charge in [0.25, 0.3) is 10.1 Å². The molecule has 0 fully saturated rings. The molecule has 0 unspecified atom stereocenters. The Bertz CT molecular complexity index is 1120. The fraction of sp³-hybridized carbons (Fsp3) is 0. The molecule has 114 valence electrons.